The second-order valence-corrected chi connectivity index (χ2v) is 4.69. The van der Waals surface area contributed by atoms with E-state index in [1.54, 1.807) is 6.92 Å². The van der Waals surface area contributed by atoms with E-state index in [-0.39, 0.29) is 17.8 Å². The summed E-state index contributed by atoms with van der Waals surface area (Å²) in [5.74, 6) is 0.0372. The second kappa shape index (κ2) is 3.65. The van der Waals surface area contributed by atoms with Crippen LogP contribution in [0.5, 0.6) is 0 Å². The van der Waals surface area contributed by atoms with Gasteiger partial charge in [0.1, 0.15) is 11.4 Å². The number of rotatable bonds is 2. The van der Waals surface area contributed by atoms with Gasteiger partial charge >= 0.3 is 0 Å². The first-order valence-corrected chi connectivity index (χ1v) is 5.83. The van der Waals surface area contributed by atoms with Gasteiger partial charge in [-0.05, 0) is 25.8 Å². The first-order chi connectivity index (χ1) is 7.72. The summed E-state index contributed by atoms with van der Waals surface area (Å²) in [6.45, 7) is 2.98. The highest BCUT2D eigenvalue weighted by Gasteiger charge is 2.58. The largest absolute Gasteiger partial charge is 0.357 e. The zero-order valence-electron chi connectivity index (χ0n) is 9.35. The Labute approximate surface area is 94.5 Å². The lowest BCUT2D eigenvalue weighted by Gasteiger charge is -2.38. The molecule has 3 aliphatic rings. The summed E-state index contributed by atoms with van der Waals surface area (Å²) in [6, 6.07) is 0. The van der Waals surface area contributed by atoms with Crippen LogP contribution in [0, 0.1) is 5.92 Å². The summed E-state index contributed by atoms with van der Waals surface area (Å²) in [4.78, 5) is 11.7. The molecule has 3 rings (SSSR count). The Morgan fingerprint density at radius 3 is 2.75 bits per heavy atom. The maximum atomic E-state index is 11.7. The van der Waals surface area contributed by atoms with Crippen LogP contribution >= 0.6 is 0 Å². The molecule has 0 aromatic rings. The molecule has 2 saturated heterocycles. The standard InChI is InChI=1S/C12H16O4/c1-8(13)10-7-9-3-4-12(10,16-9)11-14-5-2-6-15-11/h3-4,9-11H,2,5-7H2,1H3. The number of hydrogen-bond donors (Lipinski definition) is 0. The van der Waals surface area contributed by atoms with Crippen molar-refractivity contribution in [2.75, 3.05) is 13.2 Å². The van der Waals surface area contributed by atoms with E-state index in [4.69, 9.17) is 14.2 Å². The summed E-state index contributed by atoms with van der Waals surface area (Å²) < 4.78 is 17.1. The molecule has 0 saturated carbocycles. The zero-order valence-corrected chi connectivity index (χ0v) is 9.35. The Hall–Kier alpha value is -0.710. The van der Waals surface area contributed by atoms with E-state index in [1.807, 2.05) is 12.2 Å². The molecular formula is C12H16O4. The normalized spacial score (nSPS) is 42.8. The molecule has 2 bridgehead atoms. The lowest BCUT2D eigenvalue weighted by atomic mass is 9.80. The average molecular weight is 224 g/mol. The Balaban J connectivity index is 1.88. The molecule has 3 aliphatic heterocycles. The van der Waals surface area contributed by atoms with Crippen molar-refractivity contribution >= 4 is 5.78 Å². The van der Waals surface area contributed by atoms with Crippen LogP contribution in [-0.2, 0) is 19.0 Å². The molecule has 0 aromatic carbocycles. The van der Waals surface area contributed by atoms with Gasteiger partial charge in [0.25, 0.3) is 0 Å². The molecule has 4 nitrogen and oxygen atoms in total. The fraction of sp³-hybridized carbons (Fsp3) is 0.750. The van der Waals surface area contributed by atoms with Crippen molar-refractivity contribution in [3.8, 4) is 0 Å². The Morgan fingerprint density at radius 2 is 2.12 bits per heavy atom. The third-order valence-corrected chi connectivity index (χ3v) is 3.63. The van der Waals surface area contributed by atoms with Crippen LogP contribution in [0.3, 0.4) is 0 Å². The number of hydrogen-bond acceptors (Lipinski definition) is 4. The van der Waals surface area contributed by atoms with Crippen LogP contribution in [0.25, 0.3) is 0 Å². The monoisotopic (exact) mass is 224 g/mol. The van der Waals surface area contributed by atoms with Crippen molar-refractivity contribution in [1.82, 2.24) is 0 Å². The molecule has 0 radical (unpaired) electrons. The Bertz CT molecular complexity index is 332. The number of ether oxygens (including phenoxy) is 3. The number of carbonyl (C=O) groups is 1. The number of Topliss-reactive ketones (excluding diaryl/α,β-unsaturated/α-hetero) is 1. The Kier molecular flexibility index (Phi) is 2.38. The van der Waals surface area contributed by atoms with Gasteiger partial charge in [-0.15, -0.1) is 0 Å². The van der Waals surface area contributed by atoms with Gasteiger partial charge in [0.05, 0.1) is 25.2 Å². The number of ketones is 1. The van der Waals surface area contributed by atoms with Gasteiger partial charge in [0, 0.05) is 0 Å². The average Bonchev–Trinajstić information content (AvgIpc) is 2.89. The van der Waals surface area contributed by atoms with Gasteiger partial charge in [-0.1, -0.05) is 6.08 Å². The quantitative estimate of drug-likeness (QED) is 0.658. The lowest BCUT2D eigenvalue weighted by molar-refractivity contribution is -0.255. The molecule has 16 heavy (non-hydrogen) atoms. The first-order valence-electron chi connectivity index (χ1n) is 5.83. The van der Waals surface area contributed by atoms with Crippen LogP contribution in [0.4, 0.5) is 0 Å². The molecule has 3 heterocycles. The Morgan fingerprint density at radius 1 is 1.38 bits per heavy atom. The van der Waals surface area contributed by atoms with Crippen LogP contribution < -0.4 is 0 Å². The minimum Gasteiger partial charge on any atom is -0.357 e. The van der Waals surface area contributed by atoms with Crippen molar-refractivity contribution in [1.29, 1.82) is 0 Å². The molecule has 4 heteroatoms. The van der Waals surface area contributed by atoms with E-state index in [0.717, 1.165) is 12.8 Å². The van der Waals surface area contributed by atoms with Gasteiger partial charge in [0.15, 0.2) is 6.29 Å². The van der Waals surface area contributed by atoms with E-state index in [0.29, 0.717) is 13.2 Å². The molecule has 3 atom stereocenters. The fourth-order valence-electron chi connectivity index (χ4n) is 2.87. The second-order valence-electron chi connectivity index (χ2n) is 4.69. The van der Waals surface area contributed by atoms with Crippen LogP contribution in [0.1, 0.15) is 19.8 Å². The van der Waals surface area contributed by atoms with Crippen molar-refractivity contribution in [2.45, 2.75) is 37.8 Å². The molecule has 3 unspecified atom stereocenters. The van der Waals surface area contributed by atoms with Gasteiger partial charge in [-0.3, -0.25) is 4.79 Å². The first kappa shape index (κ1) is 10.4. The van der Waals surface area contributed by atoms with Crippen LogP contribution in [-0.4, -0.2) is 37.0 Å². The van der Waals surface area contributed by atoms with Gasteiger partial charge in [0.2, 0.25) is 0 Å². The number of fused-ring (bicyclic) bond motifs is 2. The topological polar surface area (TPSA) is 44.8 Å². The van der Waals surface area contributed by atoms with E-state index in [1.165, 1.54) is 0 Å². The molecule has 2 fully saturated rings. The van der Waals surface area contributed by atoms with Crippen molar-refractivity contribution in [3.63, 3.8) is 0 Å². The highest BCUT2D eigenvalue weighted by molar-refractivity contribution is 5.81. The summed E-state index contributed by atoms with van der Waals surface area (Å²) >= 11 is 0. The maximum absolute atomic E-state index is 11.7. The van der Waals surface area contributed by atoms with E-state index >= 15 is 0 Å². The molecular weight excluding hydrogens is 208 g/mol. The summed E-state index contributed by atoms with van der Waals surface area (Å²) in [6.07, 6.45) is 5.28. The van der Waals surface area contributed by atoms with Crippen molar-refractivity contribution < 1.29 is 19.0 Å². The molecule has 88 valence electrons. The zero-order chi connectivity index (χ0) is 11.2. The van der Waals surface area contributed by atoms with Crippen molar-refractivity contribution in [2.24, 2.45) is 5.92 Å². The third-order valence-electron chi connectivity index (χ3n) is 3.63. The summed E-state index contributed by atoms with van der Waals surface area (Å²) in [7, 11) is 0. The van der Waals surface area contributed by atoms with Gasteiger partial charge in [-0.25, -0.2) is 0 Å². The highest BCUT2D eigenvalue weighted by Crippen LogP contribution is 2.47. The SMILES string of the molecule is CC(=O)C1CC2C=CC1(C1OCCCO1)O2. The number of carbonyl (C=O) groups excluding carboxylic acids is 1. The molecule has 0 aromatic heterocycles. The minimum absolute atomic E-state index is 0.0584. The highest BCUT2D eigenvalue weighted by atomic mass is 16.7. The van der Waals surface area contributed by atoms with Crippen LogP contribution in [0.2, 0.25) is 0 Å². The predicted octanol–water partition coefficient (Wildman–Crippen LogP) is 1.05. The fourth-order valence-corrected chi connectivity index (χ4v) is 2.87. The van der Waals surface area contributed by atoms with E-state index < -0.39 is 11.9 Å². The van der Waals surface area contributed by atoms with Crippen molar-refractivity contribution in [3.05, 3.63) is 12.2 Å². The summed E-state index contributed by atoms with van der Waals surface area (Å²) in [5, 5.41) is 0. The predicted molar refractivity (Wildman–Crippen MR) is 55.8 cm³/mol. The molecule has 0 spiro atoms. The van der Waals surface area contributed by atoms with E-state index in [9.17, 15) is 4.79 Å². The van der Waals surface area contributed by atoms with Gasteiger partial charge in [-0.2, -0.15) is 0 Å². The van der Waals surface area contributed by atoms with E-state index in [2.05, 4.69) is 0 Å². The molecule has 0 N–H and O–H groups in total. The maximum Gasteiger partial charge on any atom is 0.190 e. The lowest BCUT2D eigenvalue weighted by Crippen LogP contribution is -2.51. The van der Waals surface area contributed by atoms with Gasteiger partial charge < -0.3 is 14.2 Å². The molecule has 0 amide bonds. The minimum atomic E-state index is -0.656. The smallest absolute Gasteiger partial charge is 0.190 e. The summed E-state index contributed by atoms with van der Waals surface area (Å²) in [5.41, 5.74) is -0.656. The molecule has 0 aliphatic carbocycles. The van der Waals surface area contributed by atoms with Crippen LogP contribution in [0.15, 0.2) is 12.2 Å². The third kappa shape index (κ3) is 1.37.